The SMILES string of the molecule is CN(C)c1nccnc1OC1CCCN(C(=O)c2cccc(Br)c2)C1. The highest BCUT2D eigenvalue weighted by Crippen LogP contribution is 2.25. The highest BCUT2D eigenvalue weighted by Gasteiger charge is 2.27. The van der Waals surface area contributed by atoms with Crippen molar-refractivity contribution < 1.29 is 9.53 Å². The zero-order valence-electron chi connectivity index (χ0n) is 14.4. The van der Waals surface area contributed by atoms with Crippen LogP contribution < -0.4 is 9.64 Å². The number of hydrogen-bond donors (Lipinski definition) is 0. The fourth-order valence-corrected chi connectivity index (χ4v) is 3.29. The van der Waals surface area contributed by atoms with Crippen LogP contribution in [0, 0.1) is 0 Å². The molecule has 2 aromatic rings. The van der Waals surface area contributed by atoms with Crippen molar-refractivity contribution in [2.75, 3.05) is 32.1 Å². The lowest BCUT2D eigenvalue weighted by molar-refractivity contribution is 0.0528. The normalized spacial score (nSPS) is 17.2. The quantitative estimate of drug-likeness (QED) is 0.783. The van der Waals surface area contributed by atoms with E-state index in [0.29, 0.717) is 23.8 Å². The van der Waals surface area contributed by atoms with Crippen LogP contribution in [0.4, 0.5) is 5.82 Å². The highest BCUT2D eigenvalue weighted by molar-refractivity contribution is 9.10. The molecule has 0 spiro atoms. The predicted octanol–water partition coefficient (Wildman–Crippen LogP) is 2.99. The second-order valence-electron chi connectivity index (χ2n) is 6.22. The number of likely N-dealkylation sites (tertiary alicyclic amines) is 1. The number of benzene rings is 1. The van der Waals surface area contributed by atoms with Gasteiger partial charge in [-0.1, -0.05) is 22.0 Å². The minimum absolute atomic E-state index is 0.0292. The summed E-state index contributed by atoms with van der Waals surface area (Å²) < 4.78 is 6.97. The minimum Gasteiger partial charge on any atom is -0.470 e. The molecule has 0 bridgehead atoms. The molecule has 1 aromatic heterocycles. The third-order valence-electron chi connectivity index (χ3n) is 4.09. The standard InChI is InChI=1S/C18H21BrN4O2/c1-22(2)16-17(21-9-8-20-16)25-15-7-4-10-23(12-15)18(24)13-5-3-6-14(19)11-13/h3,5-6,8-9,11,15H,4,7,10,12H2,1-2H3. The maximum Gasteiger partial charge on any atom is 0.257 e. The lowest BCUT2D eigenvalue weighted by Gasteiger charge is -2.33. The molecule has 0 N–H and O–H groups in total. The molecule has 1 saturated heterocycles. The van der Waals surface area contributed by atoms with Gasteiger partial charge in [0, 0.05) is 43.1 Å². The number of anilines is 1. The van der Waals surface area contributed by atoms with E-state index < -0.39 is 0 Å². The molecule has 1 fully saturated rings. The van der Waals surface area contributed by atoms with Crippen molar-refractivity contribution in [2.45, 2.75) is 18.9 Å². The molecule has 1 unspecified atom stereocenters. The topological polar surface area (TPSA) is 58.6 Å². The Kier molecular flexibility index (Phi) is 5.53. The molecular weight excluding hydrogens is 384 g/mol. The van der Waals surface area contributed by atoms with Crippen molar-refractivity contribution in [1.29, 1.82) is 0 Å². The van der Waals surface area contributed by atoms with E-state index in [9.17, 15) is 4.79 Å². The van der Waals surface area contributed by atoms with Crippen molar-refractivity contribution in [3.05, 3.63) is 46.7 Å². The second kappa shape index (κ2) is 7.82. The molecule has 7 heteroatoms. The molecule has 1 aliphatic rings. The predicted molar refractivity (Wildman–Crippen MR) is 100 cm³/mol. The number of rotatable bonds is 4. The summed E-state index contributed by atoms with van der Waals surface area (Å²) in [5.41, 5.74) is 0.684. The number of nitrogens with zero attached hydrogens (tertiary/aromatic N) is 4. The van der Waals surface area contributed by atoms with Crippen LogP contribution in [-0.4, -0.2) is 54.1 Å². The van der Waals surface area contributed by atoms with Gasteiger partial charge in [0.1, 0.15) is 6.10 Å². The number of aromatic nitrogens is 2. The molecule has 132 valence electrons. The van der Waals surface area contributed by atoms with E-state index in [2.05, 4.69) is 25.9 Å². The molecule has 1 aromatic carbocycles. The summed E-state index contributed by atoms with van der Waals surface area (Å²) in [5, 5.41) is 0. The van der Waals surface area contributed by atoms with Gasteiger partial charge in [-0.05, 0) is 31.0 Å². The summed E-state index contributed by atoms with van der Waals surface area (Å²) in [7, 11) is 3.81. The Balaban J connectivity index is 1.70. The van der Waals surface area contributed by atoms with Gasteiger partial charge in [0.15, 0.2) is 5.82 Å². The molecule has 3 rings (SSSR count). The first kappa shape index (κ1) is 17.7. The Hall–Kier alpha value is -2.15. The number of halogens is 1. The van der Waals surface area contributed by atoms with Crippen LogP contribution in [0.25, 0.3) is 0 Å². The molecule has 1 aliphatic heterocycles. The Morgan fingerprint density at radius 2 is 2.12 bits per heavy atom. The monoisotopic (exact) mass is 404 g/mol. The Labute approximate surface area is 156 Å². The minimum atomic E-state index is -0.0831. The summed E-state index contributed by atoms with van der Waals surface area (Å²) in [6.45, 7) is 1.29. The Morgan fingerprint density at radius 1 is 1.32 bits per heavy atom. The average molecular weight is 405 g/mol. The number of carbonyl (C=O) groups excluding carboxylic acids is 1. The fourth-order valence-electron chi connectivity index (χ4n) is 2.89. The van der Waals surface area contributed by atoms with E-state index in [4.69, 9.17) is 4.74 Å². The largest absolute Gasteiger partial charge is 0.470 e. The zero-order valence-corrected chi connectivity index (χ0v) is 15.9. The number of carbonyl (C=O) groups is 1. The molecule has 0 saturated carbocycles. The molecule has 6 nitrogen and oxygen atoms in total. The summed E-state index contributed by atoms with van der Waals surface area (Å²) in [4.78, 5) is 25.1. The van der Waals surface area contributed by atoms with Gasteiger partial charge in [-0.25, -0.2) is 9.97 Å². The first-order chi connectivity index (χ1) is 12.0. The van der Waals surface area contributed by atoms with Gasteiger partial charge in [-0.3, -0.25) is 4.79 Å². The van der Waals surface area contributed by atoms with Crippen molar-refractivity contribution in [1.82, 2.24) is 14.9 Å². The van der Waals surface area contributed by atoms with Gasteiger partial charge in [0.25, 0.3) is 11.8 Å². The van der Waals surface area contributed by atoms with E-state index in [1.54, 1.807) is 12.4 Å². The number of amides is 1. The van der Waals surface area contributed by atoms with E-state index in [0.717, 1.165) is 23.9 Å². The zero-order chi connectivity index (χ0) is 17.8. The first-order valence-corrected chi connectivity index (χ1v) is 9.03. The fraction of sp³-hybridized carbons (Fsp3) is 0.389. The third kappa shape index (κ3) is 4.28. The van der Waals surface area contributed by atoms with Crippen LogP contribution in [0.3, 0.4) is 0 Å². The molecular formula is C18H21BrN4O2. The Morgan fingerprint density at radius 3 is 2.88 bits per heavy atom. The van der Waals surface area contributed by atoms with E-state index in [1.807, 2.05) is 48.2 Å². The van der Waals surface area contributed by atoms with Gasteiger partial charge < -0.3 is 14.5 Å². The Bertz CT molecular complexity index is 753. The van der Waals surface area contributed by atoms with Gasteiger partial charge >= 0.3 is 0 Å². The summed E-state index contributed by atoms with van der Waals surface area (Å²) in [6, 6.07) is 7.47. The van der Waals surface area contributed by atoms with Gasteiger partial charge in [-0.15, -0.1) is 0 Å². The van der Waals surface area contributed by atoms with Crippen LogP contribution in [-0.2, 0) is 0 Å². The van der Waals surface area contributed by atoms with Crippen molar-refractivity contribution in [2.24, 2.45) is 0 Å². The molecule has 1 amide bonds. The first-order valence-electron chi connectivity index (χ1n) is 8.24. The van der Waals surface area contributed by atoms with Crippen LogP contribution in [0.5, 0.6) is 5.88 Å². The van der Waals surface area contributed by atoms with Crippen molar-refractivity contribution >= 4 is 27.7 Å². The van der Waals surface area contributed by atoms with Crippen LogP contribution >= 0.6 is 15.9 Å². The number of hydrogen-bond acceptors (Lipinski definition) is 5. The lowest BCUT2D eigenvalue weighted by Crippen LogP contribution is -2.44. The second-order valence-corrected chi connectivity index (χ2v) is 7.14. The number of ether oxygens (including phenoxy) is 1. The van der Waals surface area contributed by atoms with Crippen molar-refractivity contribution in [3.63, 3.8) is 0 Å². The average Bonchev–Trinajstić information content (AvgIpc) is 2.61. The molecule has 25 heavy (non-hydrogen) atoms. The van der Waals surface area contributed by atoms with Crippen molar-refractivity contribution in [3.8, 4) is 5.88 Å². The van der Waals surface area contributed by atoms with Gasteiger partial charge in [0.05, 0.1) is 6.54 Å². The van der Waals surface area contributed by atoms with Crippen LogP contribution in [0.1, 0.15) is 23.2 Å². The molecule has 0 aliphatic carbocycles. The summed E-state index contributed by atoms with van der Waals surface area (Å²) >= 11 is 3.42. The summed E-state index contributed by atoms with van der Waals surface area (Å²) in [6.07, 6.45) is 4.98. The van der Waals surface area contributed by atoms with E-state index in [1.165, 1.54) is 0 Å². The molecule has 2 heterocycles. The maximum atomic E-state index is 12.7. The van der Waals surface area contributed by atoms with Crippen LogP contribution in [0.15, 0.2) is 41.1 Å². The lowest BCUT2D eigenvalue weighted by atomic mass is 10.1. The van der Waals surface area contributed by atoms with E-state index >= 15 is 0 Å². The number of piperidine rings is 1. The summed E-state index contributed by atoms with van der Waals surface area (Å²) in [5.74, 6) is 1.23. The third-order valence-corrected chi connectivity index (χ3v) is 4.58. The van der Waals surface area contributed by atoms with Crippen LogP contribution in [0.2, 0.25) is 0 Å². The van der Waals surface area contributed by atoms with Gasteiger partial charge in [0.2, 0.25) is 0 Å². The maximum absolute atomic E-state index is 12.7. The van der Waals surface area contributed by atoms with E-state index in [-0.39, 0.29) is 12.0 Å². The molecule has 1 atom stereocenters. The smallest absolute Gasteiger partial charge is 0.257 e. The van der Waals surface area contributed by atoms with Gasteiger partial charge in [-0.2, -0.15) is 0 Å². The highest BCUT2D eigenvalue weighted by atomic mass is 79.9. The molecule has 0 radical (unpaired) electrons.